The zero-order valence-corrected chi connectivity index (χ0v) is 13.5. The minimum atomic E-state index is 0.00491. The van der Waals surface area contributed by atoms with Crippen molar-refractivity contribution in [3.05, 3.63) is 29.8 Å². The Labute approximate surface area is 122 Å². The van der Waals surface area contributed by atoms with Crippen LogP contribution in [0.4, 0.5) is 0 Å². The summed E-state index contributed by atoms with van der Waals surface area (Å²) in [4.78, 5) is 13.1. The molecule has 0 atom stereocenters. The fourth-order valence-corrected chi connectivity index (χ4v) is 2.99. The minimum absolute atomic E-state index is 0.00491. The van der Waals surface area contributed by atoms with Crippen LogP contribution < -0.4 is 5.32 Å². The van der Waals surface area contributed by atoms with Crippen molar-refractivity contribution in [3.63, 3.8) is 0 Å². The van der Waals surface area contributed by atoms with Crippen LogP contribution in [0, 0.1) is 5.41 Å². The molecular weight excluding hydrogens is 310 g/mol. The molecule has 0 radical (unpaired) electrons. The summed E-state index contributed by atoms with van der Waals surface area (Å²) in [7, 11) is 0. The Morgan fingerprint density at radius 2 is 1.94 bits per heavy atom. The first-order chi connectivity index (χ1) is 8.48. The van der Waals surface area contributed by atoms with E-state index < -0.39 is 0 Å². The van der Waals surface area contributed by atoms with Crippen molar-refractivity contribution < 1.29 is 4.79 Å². The highest BCUT2D eigenvalue weighted by molar-refractivity contribution is 9.09. The number of alkyl halides is 1. The normalized spacial score (nSPS) is 11.3. The number of amides is 1. The molecular formula is C14H20BrNOS. The van der Waals surface area contributed by atoms with Gasteiger partial charge in [0.1, 0.15) is 0 Å². The second-order valence-electron chi connectivity index (χ2n) is 5.01. The average Bonchev–Trinajstić information content (AvgIpc) is 2.36. The number of benzene rings is 1. The second-order valence-corrected chi connectivity index (χ2v) is 6.69. The van der Waals surface area contributed by atoms with E-state index in [0.717, 1.165) is 17.3 Å². The lowest BCUT2D eigenvalue weighted by Crippen LogP contribution is -2.34. The van der Waals surface area contributed by atoms with Crippen LogP contribution in [0.1, 0.15) is 30.6 Å². The molecule has 0 spiro atoms. The highest BCUT2D eigenvalue weighted by Gasteiger charge is 2.18. The van der Waals surface area contributed by atoms with Gasteiger partial charge in [0.15, 0.2) is 0 Å². The van der Waals surface area contributed by atoms with Crippen LogP contribution in [0.5, 0.6) is 0 Å². The largest absolute Gasteiger partial charge is 0.352 e. The van der Waals surface area contributed by atoms with E-state index in [1.807, 2.05) is 30.5 Å². The second kappa shape index (κ2) is 7.19. The number of nitrogens with one attached hydrogen (secondary N) is 1. The van der Waals surface area contributed by atoms with Crippen LogP contribution >= 0.6 is 27.7 Å². The van der Waals surface area contributed by atoms with Gasteiger partial charge in [-0.15, -0.1) is 11.8 Å². The van der Waals surface area contributed by atoms with Gasteiger partial charge in [-0.1, -0.05) is 29.8 Å². The number of thioether (sulfide) groups is 1. The van der Waals surface area contributed by atoms with Crippen molar-refractivity contribution in [2.45, 2.75) is 25.2 Å². The van der Waals surface area contributed by atoms with Gasteiger partial charge in [-0.3, -0.25) is 4.79 Å². The van der Waals surface area contributed by atoms with Gasteiger partial charge in [0.25, 0.3) is 5.91 Å². The van der Waals surface area contributed by atoms with Crippen molar-refractivity contribution in [3.8, 4) is 0 Å². The molecule has 18 heavy (non-hydrogen) atoms. The number of halogens is 1. The van der Waals surface area contributed by atoms with E-state index in [1.54, 1.807) is 11.8 Å². The molecule has 1 aromatic carbocycles. The maximum atomic E-state index is 12.0. The molecule has 0 aliphatic carbocycles. The summed E-state index contributed by atoms with van der Waals surface area (Å²) in [6, 6.07) is 7.70. The van der Waals surface area contributed by atoms with Gasteiger partial charge < -0.3 is 5.32 Å². The fourth-order valence-electron chi connectivity index (χ4n) is 1.51. The molecule has 0 aliphatic heterocycles. The first-order valence-electron chi connectivity index (χ1n) is 5.97. The van der Waals surface area contributed by atoms with Gasteiger partial charge in [0, 0.05) is 22.3 Å². The predicted molar refractivity (Wildman–Crippen MR) is 82.7 cm³/mol. The Morgan fingerprint density at radius 1 is 1.33 bits per heavy atom. The molecule has 0 saturated heterocycles. The number of rotatable bonds is 6. The number of carbonyl (C=O) groups excluding carboxylic acids is 1. The Morgan fingerprint density at radius 3 is 2.44 bits per heavy atom. The fraction of sp³-hybridized carbons (Fsp3) is 0.500. The van der Waals surface area contributed by atoms with E-state index in [-0.39, 0.29) is 11.3 Å². The molecule has 1 rings (SSSR count). The number of hydrogen-bond acceptors (Lipinski definition) is 2. The first-order valence-corrected chi connectivity index (χ1v) is 8.31. The topological polar surface area (TPSA) is 29.1 Å². The van der Waals surface area contributed by atoms with Crippen molar-refractivity contribution in [1.29, 1.82) is 0 Å². The van der Waals surface area contributed by atoms with Gasteiger partial charge in [0.05, 0.1) is 0 Å². The first kappa shape index (κ1) is 15.6. The Kier molecular flexibility index (Phi) is 6.22. The van der Waals surface area contributed by atoms with E-state index in [9.17, 15) is 4.79 Å². The molecule has 0 saturated carbocycles. The standard InChI is InChI=1S/C14H20BrNOS/c1-14(2,8-9-15)10-16-13(17)11-4-6-12(18-3)7-5-11/h4-7H,8-10H2,1-3H3,(H,16,17). The summed E-state index contributed by atoms with van der Waals surface area (Å²) >= 11 is 5.11. The highest BCUT2D eigenvalue weighted by Crippen LogP contribution is 2.20. The summed E-state index contributed by atoms with van der Waals surface area (Å²) in [5.41, 5.74) is 0.848. The van der Waals surface area contributed by atoms with Gasteiger partial charge in [0.2, 0.25) is 0 Å². The Balaban J connectivity index is 2.54. The Bertz CT molecular complexity index is 389. The van der Waals surface area contributed by atoms with E-state index in [2.05, 4.69) is 35.1 Å². The third-order valence-corrected chi connectivity index (χ3v) is 3.99. The van der Waals surface area contributed by atoms with Crippen LogP contribution in [-0.4, -0.2) is 24.0 Å². The van der Waals surface area contributed by atoms with Crippen LogP contribution in [0.2, 0.25) is 0 Å². The Hall–Kier alpha value is -0.480. The zero-order valence-electron chi connectivity index (χ0n) is 11.1. The summed E-state index contributed by atoms with van der Waals surface area (Å²) in [6.45, 7) is 5.01. The van der Waals surface area contributed by atoms with Crippen molar-refractivity contribution >= 4 is 33.6 Å². The van der Waals surface area contributed by atoms with E-state index in [0.29, 0.717) is 6.54 Å². The third-order valence-electron chi connectivity index (χ3n) is 2.85. The molecule has 0 fully saturated rings. The molecule has 1 N–H and O–H groups in total. The van der Waals surface area contributed by atoms with E-state index in [4.69, 9.17) is 0 Å². The molecule has 1 aromatic rings. The lowest BCUT2D eigenvalue weighted by molar-refractivity contribution is 0.0936. The highest BCUT2D eigenvalue weighted by atomic mass is 79.9. The minimum Gasteiger partial charge on any atom is -0.352 e. The van der Waals surface area contributed by atoms with Crippen molar-refractivity contribution in [1.82, 2.24) is 5.32 Å². The van der Waals surface area contributed by atoms with Gasteiger partial charge in [-0.2, -0.15) is 0 Å². The van der Waals surface area contributed by atoms with E-state index >= 15 is 0 Å². The lowest BCUT2D eigenvalue weighted by atomic mass is 9.90. The van der Waals surface area contributed by atoms with E-state index in [1.165, 1.54) is 4.90 Å². The maximum Gasteiger partial charge on any atom is 0.251 e. The SMILES string of the molecule is CSc1ccc(C(=O)NCC(C)(C)CCBr)cc1. The number of carbonyl (C=O) groups is 1. The molecule has 0 heterocycles. The summed E-state index contributed by atoms with van der Waals surface area (Å²) in [6.07, 6.45) is 3.07. The van der Waals surface area contributed by atoms with Crippen LogP contribution in [0.25, 0.3) is 0 Å². The van der Waals surface area contributed by atoms with Gasteiger partial charge >= 0.3 is 0 Å². The molecule has 0 aromatic heterocycles. The maximum absolute atomic E-state index is 12.0. The van der Waals surface area contributed by atoms with Crippen LogP contribution in [0.3, 0.4) is 0 Å². The lowest BCUT2D eigenvalue weighted by Gasteiger charge is -2.23. The summed E-state index contributed by atoms with van der Waals surface area (Å²) < 4.78 is 0. The van der Waals surface area contributed by atoms with Crippen molar-refractivity contribution in [2.24, 2.45) is 5.41 Å². The van der Waals surface area contributed by atoms with Gasteiger partial charge in [-0.25, -0.2) is 0 Å². The smallest absolute Gasteiger partial charge is 0.251 e. The third kappa shape index (κ3) is 5.02. The molecule has 4 heteroatoms. The summed E-state index contributed by atoms with van der Waals surface area (Å²) in [5, 5.41) is 3.95. The molecule has 0 aliphatic rings. The molecule has 1 amide bonds. The molecule has 2 nitrogen and oxygen atoms in total. The van der Waals surface area contributed by atoms with Crippen molar-refractivity contribution in [2.75, 3.05) is 18.1 Å². The quantitative estimate of drug-likeness (QED) is 0.632. The van der Waals surface area contributed by atoms with Gasteiger partial charge in [-0.05, 0) is 42.4 Å². The average molecular weight is 330 g/mol. The molecule has 0 unspecified atom stereocenters. The molecule has 100 valence electrons. The molecule has 0 bridgehead atoms. The van der Waals surface area contributed by atoms with Crippen LogP contribution in [0.15, 0.2) is 29.2 Å². The predicted octanol–water partition coefficient (Wildman–Crippen LogP) is 3.95. The zero-order chi connectivity index (χ0) is 13.6. The summed E-state index contributed by atoms with van der Waals surface area (Å²) in [5.74, 6) is 0.00491. The van der Waals surface area contributed by atoms with Crippen LogP contribution in [-0.2, 0) is 0 Å². The number of hydrogen-bond donors (Lipinski definition) is 1. The monoisotopic (exact) mass is 329 g/mol.